The Morgan fingerprint density at radius 2 is 1.71 bits per heavy atom. The summed E-state index contributed by atoms with van der Waals surface area (Å²) in [5.41, 5.74) is -0.581. The maximum Gasteiger partial charge on any atom is 0.408 e. The Labute approximate surface area is 214 Å². The van der Waals surface area contributed by atoms with Crippen LogP contribution in [0.2, 0.25) is 10.2 Å². The average Bonchev–Trinajstić information content (AvgIpc) is 3.19. The third kappa shape index (κ3) is 7.06. The fraction of sp³-hybridized carbons (Fsp3) is 0.417. The van der Waals surface area contributed by atoms with Crippen LogP contribution in [0.15, 0.2) is 42.5 Å². The normalized spacial score (nSPS) is 12.9. The van der Waals surface area contributed by atoms with Gasteiger partial charge in [-0.3, -0.25) is 9.20 Å². The minimum atomic E-state index is -1.30. The van der Waals surface area contributed by atoms with Gasteiger partial charge in [-0.15, -0.1) is 10.2 Å². The maximum atomic E-state index is 13.2. The van der Waals surface area contributed by atoms with E-state index in [0.717, 1.165) is 5.56 Å². The van der Waals surface area contributed by atoms with E-state index in [9.17, 15) is 9.59 Å². The molecule has 188 valence electrons. The number of rotatable bonds is 8. The van der Waals surface area contributed by atoms with E-state index >= 15 is 0 Å². The van der Waals surface area contributed by atoms with Crippen LogP contribution in [-0.2, 0) is 20.9 Å². The van der Waals surface area contributed by atoms with Gasteiger partial charge < -0.3 is 20.1 Å². The van der Waals surface area contributed by atoms with Crippen LogP contribution in [0.25, 0.3) is 5.65 Å². The van der Waals surface area contributed by atoms with Crippen LogP contribution in [0.1, 0.15) is 52.0 Å². The monoisotopic (exact) mass is 521 g/mol. The topological polar surface area (TPSA) is 107 Å². The highest BCUT2D eigenvalue weighted by molar-refractivity contribution is 6.41. The van der Waals surface area contributed by atoms with Crippen LogP contribution in [0.5, 0.6) is 0 Å². The van der Waals surface area contributed by atoms with Crippen molar-refractivity contribution in [3.05, 3.63) is 64.0 Å². The van der Waals surface area contributed by atoms with Gasteiger partial charge in [-0.05, 0) is 52.3 Å². The molecule has 2 aromatic heterocycles. The molecule has 1 aromatic carbocycles. The van der Waals surface area contributed by atoms with E-state index in [2.05, 4.69) is 20.8 Å². The Balaban J connectivity index is 1.83. The van der Waals surface area contributed by atoms with E-state index in [4.69, 9.17) is 32.7 Å². The third-order valence-corrected chi connectivity index (χ3v) is 5.65. The number of alkyl carbamates (subject to hydrolysis) is 1. The molecule has 3 aromatic rings. The van der Waals surface area contributed by atoms with Crippen LogP contribution in [-0.4, -0.2) is 44.3 Å². The number of aromatic nitrogens is 3. The Morgan fingerprint density at radius 1 is 1.03 bits per heavy atom. The predicted molar refractivity (Wildman–Crippen MR) is 133 cm³/mol. The van der Waals surface area contributed by atoms with E-state index in [0.29, 0.717) is 23.1 Å². The van der Waals surface area contributed by atoms with E-state index in [1.807, 2.05) is 30.3 Å². The number of carbonyl (C=O) groups is 2. The van der Waals surface area contributed by atoms with Crippen molar-refractivity contribution in [2.24, 2.45) is 0 Å². The Hall–Kier alpha value is -2.88. The average molecular weight is 522 g/mol. The van der Waals surface area contributed by atoms with Gasteiger partial charge in [-0.2, -0.15) is 0 Å². The molecule has 0 radical (unpaired) electrons. The molecule has 11 heteroatoms. The molecule has 2 amide bonds. The van der Waals surface area contributed by atoms with Crippen LogP contribution in [0.4, 0.5) is 4.79 Å². The molecular formula is C24H29Cl2N5O4. The highest BCUT2D eigenvalue weighted by Gasteiger charge is 2.34. The smallest absolute Gasteiger partial charge is 0.408 e. The summed E-state index contributed by atoms with van der Waals surface area (Å²) < 4.78 is 12.7. The largest absolute Gasteiger partial charge is 0.444 e. The molecule has 3 rings (SSSR count). The van der Waals surface area contributed by atoms with Crippen LogP contribution in [0.3, 0.4) is 0 Å². The molecule has 0 saturated heterocycles. The first-order chi connectivity index (χ1) is 16.4. The minimum Gasteiger partial charge on any atom is -0.444 e. The Bertz CT molecular complexity index is 1190. The molecule has 0 unspecified atom stereocenters. The highest BCUT2D eigenvalue weighted by Crippen LogP contribution is 2.26. The first-order valence-electron chi connectivity index (χ1n) is 11.0. The second-order valence-electron chi connectivity index (χ2n) is 9.50. The van der Waals surface area contributed by atoms with Gasteiger partial charge in [-0.25, -0.2) is 4.79 Å². The number of nitrogens with one attached hydrogen (secondary N) is 2. The number of carbonyl (C=O) groups excluding carboxylic acids is 2. The number of halogens is 2. The molecule has 0 fully saturated rings. The van der Waals surface area contributed by atoms with Crippen molar-refractivity contribution in [1.29, 1.82) is 0 Å². The molecule has 0 aliphatic heterocycles. The molecule has 0 saturated carbocycles. The number of pyridine rings is 1. The van der Waals surface area contributed by atoms with Crippen LogP contribution < -0.4 is 10.6 Å². The summed E-state index contributed by atoms with van der Waals surface area (Å²) in [6.07, 6.45) is -0.711. The number of fused-ring (bicyclic) bond motifs is 1. The fourth-order valence-corrected chi connectivity index (χ4v) is 3.55. The van der Waals surface area contributed by atoms with Crippen molar-refractivity contribution in [1.82, 2.24) is 25.2 Å². The second-order valence-corrected chi connectivity index (χ2v) is 10.3. The first-order valence-corrected chi connectivity index (χ1v) is 11.8. The highest BCUT2D eigenvalue weighted by atomic mass is 35.5. The maximum absolute atomic E-state index is 13.2. The van der Waals surface area contributed by atoms with Crippen molar-refractivity contribution >= 4 is 40.8 Å². The number of hydrogen-bond acceptors (Lipinski definition) is 6. The summed E-state index contributed by atoms with van der Waals surface area (Å²) in [7, 11) is 0. The molecule has 2 N–H and O–H groups in total. The summed E-state index contributed by atoms with van der Waals surface area (Å²) in [5.74, 6) is -0.145. The van der Waals surface area contributed by atoms with Gasteiger partial charge in [0.2, 0.25) is 5.91 Å². The lowest BCUT2D eigenvalue weighted by atomic mass is 10.0. The van der Waals surface area contributed by atoms with E-state index in [1.54, 1.807) is 51.2 Å². The van der Waals surface area contributed by atoms with Crippen molar-refractivity contribution in [2.45, 2.75) is 58.4 Å². The van der Waals surface area contributed by atoms with E-state index in [1.165, 1.54) is 0 Å². The quantitative estimate of drug-likeness (QED) is 0.415. The van der Waals surface area contributed by atoms with Gasteiger partial charge >= 0.3 is 6.09 Å². The Morgan fingerprint density at radius 3 is 2.37 bits per heavy atom. The second kappa shape index (κ2) is 10.8. The van der Waals surface area contributed by atoms with Gasteiger partial charge in [0.05, 0.1) is 18.2 Å². The number of ether oxygens (including phenoxy) is 2. The zero-order chi connectivity index (χ0) is 25.8. The third-order valence-electron chi connectivity index (χ3n) is 4.88. The summed E-state index contributed by atoms with van der Waals surface area (Å²) in [6.45, 7) is 8.74. The lowest BCUT2D eigenvalue weighted by Crippen LogP contribution is -2.56. The summed E-state index contributed by atoms with van der Waals surface area (Å²) in [4.78, 5) is 25.5. The van der Waals surface area contributed by atoms with Crippen LogP contribution >= 0.6 is 23.2 Å². The molecule has 35 heavy (non-hydrogen) atoms. The molecular weight excluding hydrogens is 493 g/mol. The molecule has 0 aliphatic rings. The first kappa shape index (κ1) is 26.7. The number of nitrogens with zero attached hydrogens (tertiary/aromatic N) is 3. The molecule has 0 aliphatic carbocycles. The standard InChI is InChI=1S/C24H29Cl2N5O4/c1-23(2,3)35-22(33)28-24(4,5)21(32)27-17(14-34-13-15-9-7-6-8-10-15)20-30-29-18-12-11-16(25)19(26)31(18)20/h6-12,17H,13-14H2,1-5H3,(H,27,32)(H,28,33)/t17-/m1/s1. The van der Waals surface area contributed by atoms with Gasteiger partial charge in [0.15, 0.2) is 11.5 Å². The summed E-state index contributed by atoms with van der Waals surface area (Å²) in [6, 6.07) is 12.1. The van der Waals surface area contributed by atoms with Crippen molar-refractivity contribution in [3.8, 4) is 0 Å². The van der Waals surface area contributed by atoms with Crippen molar-refractivity contribution < 1.29 is 19.1 Å². The zero-order valence-electron chi connectivity index (χ0n) is 20.3. The number of hydrogen-bond donors (Lipinski definition) is 2. The number of benzene rings is 1. The summed E-state index contributed by atoms with van der Waals surface area (Å²) in [5, 5.41) is 14.4. The fourth-order valence-electron chi connectivity index (χ4n) is 3.17. The molecule has 0 bridgehead atoms. The van der Waals surface area contributed by atoms with Crippen LogP contribution in [0, 0.1) is 0 Å². The van der Waals surface area contributed by atoms with E-state index < -0.39 is 29.2 Å². The summed E-state index contributed by atoms with van der Waals surface area (Å²) >= 11 is 12.6. The van der Waals surface area contributed by atoms with Gasteiger partial charge in [0.25, 0.3) is 0 Å². The van der Waals surface area contributed by atoms with Gasteiger partial charge in [-0.1, -0.05) is 53.5 Å². The lowest BCUT2D eigenvalue weighted by Gasteiger charge is -2.29. The number of amides is 2. The van der Waals surface area contributed by atoms with Crippen molar-refractivity contribution in [2.75, 3.05) is 6.61 Å². The predicted octanol–water partition coefficient (Wildman–Crippen LogP) is 4.71. The lowest BCUT2D eigenvalue weighted by molar-refractivity contribution is -0.127. The zero-order valence-corrected chi connectivity index (χ0v) is 21.8. The molecule has 0 spiro atoms. The van der Waals surface area contributed by atoms with Crippen molar-refractivity contribution in [3.63, 3.8) is 0 Å². The Kier molecular flexibility index (Phi) is 8.25. The minimum absolute atomic E-state index is 0.0623. The van der Waals surface area contributed by atoms with Gasteiger partial charge in [0, 0.05) is 0 Å². The molecule has 2 heterocycles. The van der Waals surface area contributed by atoms with Gasteiger partial charge in [0.1, 0.15) is 22.3 Å². The molecule has 1 atom stereocenters. The SMILES string of the molecule is CC(C)(C)OC(=O)NC(C)(C)C(=O)N[C@H](COCc1ccccc1)c1nnc2ccc(Cl)c(Cl)n12. The molecule has 9 nitrogen and oxygen atoms in total. The van der Waals surface area contributed by atoms with E-state index in [-0.39, 0.29) is 11.8 Å².